The highest BCUT2D eigenvalue weighted by atomic mass is 32.2. The first kappa shape index (κ1) is 25.9. The van der Waals surface area contributed by atoms with Gasteiger partial charge in [-0.05, 0) is 43.7 Å². The normalized spacial score (nSPS) is 14.8. The summed E-state index contributed by atoms with van der Waals surface area (Å²) in [5.74, 6) is 1.51. The van der Waals surface area contributed by atoms with Crippen molar-refractivity contribution in [3.63, 3.8) is 0 Å². The number of aryl methyl sites for hydroxylation is 2. The molecule has 1 N–H and O–H groups in total. The number of rotatable bonds is 8. The average Bonchev–Trinajstić information content (AvgIpc) is 3.25. The van der Waals surface area contributed by atoms with Gasteiger partial charge in [-0.3, -0.25) is 9.48 Å². The van der Waals surface area contributed by atoms with E-state index in [4.69, 9.17) is 9.72 Å². The van der Waals surface area contributed by atoms with E-state index in [0.717, 1.165) is 17.9 Å². The minimum Gasteiger partial charge on any atom is -0.493 e. The van der Waals surface area contributed by atoms with Gasteiger partial charge in [0, 0.05) is 39.4 Å². The topological polar surface area (TPSA) is 126 Å². The van der Waals surface area contributed by atoms with Gasteiger partial charge in [0.05, 0.1) is 22.8 Å². The maximum absolute atomic E-state index is 13.7. The summed E-state index contributed by atoms with van der Waals surface area (Å²) in [6.45, 7) is 5.98. The number of nitrogens with one attached hydrogen (secondary N) is 1. The Morgan fingerprint density at radius 3 is 2.55 bits per heavy atom. The van der Waals surface area contributed by atoms with Gasteiger partial charge in [-0.25, -0.2) is 18.4 Å². The molecule has 0 bridgehead atoms. The molecule has 3 aromatic heterocycles. The standard InChI is InChI=1S/C26H31N7O4S/c1-4-8-20-23-24(31(3)30-20)26(34)29-25(28-23)19-17-18(10-11-21(19)37-5-2)38(35,36)33-15-13-32(14-16-33)22-9-6-7-12-27-22/h6-7,9-12,17H,4-5,8,13-16H2,1-3H3,(H,28,29,34). The first-order chi connectivity index (χ1) is 18.3. The fourth-order valence-corrected chi connectivity index (χ4v) is 6.21. The highest BCUT2D eigenvalue weighted by Gasteiger charge is 2.30. The van der Waals surface area contributed by atoms with Crippen LogP contribution >= 0.6 is 0 Å². The Morgan fingerprint density at radius 1 is 1.08 bits per heavy atom. The highest BCUT2D eigenvalue weighted by Crippen LogP contribution is 2.32. The van der Waals surface area contributed by atoms with E-state index < -0.39 is 10.0 Å². The van der Waals surface area contributed by atoms with Gasteiger partial charge in [0.2, 0.25) is 10.0 Å². The number of H-pyrrole nitrogens is 1. The van der Waals surface area contributed by atoms with E-state index in [0.29, 0.717) is 61.6 Å². The molecule has 0 radical (unpaired) electrons. The summed E-state index contributed by atoms with van der Waals surface area (Å²) in [6, 6.07) is 10.4. The van der Waals surface area contributed by atoms with Crippen LogP contribution in [0.25, 0.3) is 22.4 Å². The van der Waals surface area contributed by atoms with Gasteiger partial charge in [-0.15, -0.1) is 0 Å². The number of hydrogen-bond donors (Lipinski definition) is 1. The fraction of sp³-hybridized carbons (Fsp3) is 0.385. The molecule has 4 heterocycles. The number of pyridine rings is 1. The molecule has 1 saturated heterocycles. The zero-order valence-corrected chi connectivity index (χ0v) is 22.5. The molecule has 0 saturated carbocycles. The monoisotopic (exact) mass is 537 g/mol. The Balaban J connectivity index is 1.51. The number of anilines is 1. The van der Waals surface area contributed by atoms with Crippen LogP contribution in [0.2, 0.25) is 0 Å². The minimum atomic E-state index is -3.80. The summed E-state index contributed by atoms with van der Waals surface area (Å²) in [5.41, 5.74) is 1.68. The van der Waals surface area contributed by atoms with Crippen LogP contribution in [0.15, 0.2) is 52.3 Å². The number of aromatic amines is 1. The zero-order chi connectivity index (χ0) is 26.9. The predicted molar refractivity (Wildman–Crippen MR) is 145 cm³/mol. The summed E-state index contributed by atoms with van der Waals surface area (Å²) in [6.07, 6.45) is 3.25. The Bertz CT molecular complexity index is 1610. The third-order valence-electron chi connectivity index (χ3n) is 6.61. The molecule has 4 aromatic rings. The van der Waals surface area contributed by atoms with Crippen LogP contribution in [0, 0.1) is 0 Å². The number of ether oxygens (including phenoxy) is 1. The summed E-state index contributed by atoms with van der Waals surface area (Å²) in [4.78, 5) is 27.1. The molecule has 0 amide bonds. The van der Waals surface area contributed by atoms with E-state index in [2.05, 4.69) is 20.0 Å². The smallest absolute Gasteiger partial charge is 0.277 e. The molecule has 0 spiro atoms. The lowest BCUT2D eigenvalue weighted by Crippen LogP contribution is -2.48. The fourth-order valence-electron chi connectivity index (χ4n) is 4.76. The van der Waals surface area contributed by atoms with E-state index >= 15 is 0 Å². The highest BCUT2D eigenvalue weighted by molar-refractivity contribution is 7.89. The van der Waals surface area contributed by atoms with Crippen molar-refractivity contribution in [2.45, 2.75) is 31.6 Å². The lowest BCUT2D eigenvalue weighted by molar-refractivity contribution is 0.341. The number of fused-ring (bicyclic) bond motifs is 1. The van der Waals surface area contributed by atoms with Gasteiger partial charge in [0.25, 0.3) is 5.56 Å². The first-order valence-corrected chi connectivity index (χ1v) is 14.2. The lowest BCUT2D eigenvalue weighted by atomic mass is 10.1. The third kappa shape index (κ3) is 4.76. The Labute approximate surface area is 221 Å². The molecule has 0 aliphatic carbocycles. The molecule has 0 atom stereocenters. The van der Waals surface area contributed by atoms with Crippen LogP contribution in [0.1, 0.15) is 26.0 Å². The number of sulfonamides is 1. The molecular formula is C26H31N7O4S. The van der Waals surface area contributed by atoms with Crippen LogP contribution in [-0.4, -0.2) is 70.2 Å². The van der Waals surface area contributed by atoms with Crippen molar-refractivity contribution in [3.8, 4) is 17.1 Å². The first-order valence-electron chi connectivity index (χ1n) is 12.7. The Hall–Kier alpha value is -3.77. The molecule has 11 nitrogen and oxygen atoms in total. The van der Waals surface area contributed by atoms with Crippen LogP contribution in [0.4, 0.5) is 5.82 Å². The number of aromatic nitrogens is 5. The summed E-state index contributed by atoms with van der Waals surface area (Å²) < 4.78 is 36.1. The summed E-state index contributed by atoms with van der Waals surface area (Å²) >= 11 is 0. The van der Waals surface area contributed by atoms with Gasteiger partial charge < -0.3 is 14.6 Å². The van der Waals surface area contributed by atoms with Crippen molar-refractivity contribution in [2.24, 2.45) is 7.05 Å². The molecule has 1 fully saturated rings. The molecule has 38 heavy (non-hydrogen) atoms. The number of nitrogens with zero attached hydrogens (tertiary/aromatic N) is 6. The van der Waals surface area contributed by atoms with Gasteiger partial charge in [-0.1, -0.05) is 19.4 Å². The van der Waals surface area contributed by atoms with Crippen LogP contribution < -0.4 is 15.2 Å². The van der Waals surface area contributed by atoms with Crippen molar-refractivity contribution in [1.29, 1.82) is 0 Å². The SMILES string of the molecule is CCCc1nn(C)c2c(=O)[nH]c(-c3cc(S(=O)(=O)N4CCN(c5ccccn5)CC4)ccc3OCC)nc12. The molecule has 1 aromatic carbocycles. The van der Waals surface area contributed by atoms with Crippen molar-refractivity contribution in [2.75, 3.05) is 37.7 Å². The predicted octanol–water partition coefficient (Wildman–Crippen LogP) is 2.58. The van der Waals surface area contributed by atoms with Gasteiger partial charge in [0.1, 0.15) is 22.9 Å². The van der Waals surface area contributed by atoms with Crippen LogP contribution in [0.5, 0.6) is 5.75 Å². The van der Waals surface area contributed by atoms with Crippen molar-refractivity contribution in [1.82, 2.24) is 29.0 Å². The minimum absolute atomic E-state index is 0.116. The van der Waals surface area contributed by atoms with Crippen molar-refractivity contribution in [3.05, 3.63) is 58.6 Å². The third-order valence-corrected chi connectivity index (χ3v) is 8.50. The van der Waals surface area contributed by atoms with Gasteiger partial charge in [-0.2, -0.15) is 9.40 Å². The second-order valence-electron chi connectivity index (χ2n) is 9.10. The quantitative estimate of drug-likeness (QED) is 0.364. The van der Waals surface area contributed by atoms with E-state index in [9.17, 15) is 13.2 Å². The van der Waals surface area contributed by atoms with Gasteiger partial charge >= 0.3 is 0 Å². The van der Waals surface area contributed by atoms with E-state index in [1.807, 2.05) is 32.0 Å². The number of piperazine rings is 1. The Morgan fingerprint density at radius 2 is 1.87 bits per heavy atom. The lowest BCUT2D eigenvalue weighted by Gasteiger charge is -2.34. The van der Waals surface area contributed by atoms with Crippen LogP contribution in [-0.2, 0) is 23.5 Å². The maximum Gasteiger partial charge on any atom is 0.277 e. The maximum atomic E-state index is 13.7. The molecular weight excluding hydrogens is 506 g/mol. The molecule has 12 heteroatoms. The average molecular weight is 538 g/mol. The number of benzene rings is 1. The molecule has 5 rings (SSSR count). The number of hydrogen-bond acceptors (Lipinski definition) is 8. The molecule has 200 valence electrons. The van der Waals surface area contributed by atoms with Gasteiger partial charge in [0.15, 0.2) is 5.52 Å². The largest absolute Gasteiger partial charge is 0.493 e. The van der Waals surface area contributed by atoms with Crippen LogP contribution in [0.3, 0.4) is 0 Å². The molecule has 1 aliphatic rings. The van der Waals surface area contributed by atoms with E-state index in [1.165, 1.54) is 21.1 Å². The zero-order valence-electron chi connectivity index (χ0n) is 21.7. The molecule has 1 aliphatic heterocycles. The van der Waals surface area contributed by atoms with E-state index in [1.54, 1.807) is 19.3 Å². The second kappa shape index (κ2) is 10.5. The summed E-state index contributed by atoms with van der Waals surface area (Å²) in [7, 11) is -2.09. The Kier molecular flexibility index (Phi) is 7.17. The van der Waals surface area contributed by atoms with E-state index in [-0.39, 0.29) is 16.3 Å². The summed E-state index contributed by atoms with van der Waals surface area (Å²) in [5, 5.41) is 4.47. The van der Waals surface area contributed by atoms with Crippen molar-refractivity contribution < 1.29 is 13.2 Å². The van der Waals surface area contributed by atoms with Crippen molar-refractivity contribution >= 4 is 26.9 Å². The molecule has 0 unspecified atom stereocenters. The second-order valence-corrected chi connectivity index (χ2v) is 11.0.